The fraction of sp³-hybridized carbons (Fsp3) is 0.619. The number of hydrogen-bond acceptors (Lipinski definition) is 3. The number of urea groups is 1. The Kier molecular flexibility index (Phi) is 6.05. The molecule has 2 N–H and O–H groups in total. The van der Waals surface area contributed by atoms with Crippen LogP contribution in [0.2, 0.25) is 0 Å². The zero-order chi connectivity index (χ0) is 19.4. The summed E-state index contributed by atoms with van der Waals surface area (Å²) in [5.74, 6) is -1.10. The summed E-state index contributed by atoms with van der Waals surface area (Å²) in [7, 11) is 0. The number of carbonyl (C=O) groups is 2. The van der Waals surface area contributed by atoms with Gasteiger partial charge >= 0.3 is 12.0 Å². The highest BCUT2D eigenvalue weighted by Crippen LogP contribution is 2.36. The molecule has 2 atom stereocenters. The van der Waals surface area contributed by atoms with Gasteiger partial charge in [-0.15, -0.1) is 0 Å². The van der Waals surface area contributed by atoms with Gasteiger partial charge in [-0.2, -0.15) is 0 Å². The Morgan fingerprint density at radius 2 is 1.96 bits per heavy atom. The van der Waals surface area contributed by atoms with Gasteiger partial charge in [0.1, 0.15) is 0 Å². The van der Waals surface area contributed by atoms with E-state index in [9.17, 15) is 14.7 Å². The van der Waals surface area contributed by atoms with Crippen molar-refractivity contribution < 1.29 is 19.4 Å². The van der Waals surface area contributed by atoms with Crippen molar-refractivity contribution in [1.82, 2.24) is 10.2 Å². The van der Waals surface area contributed by atoms with E-state index in [4.69, 9.17) is 4.74 Å². The Morgan fingerprint density at radius 1 is 1.26 bits per heavy atom. The topological polar surface area (TPSA) is 78.9 Å². The zero-order valence-corrected chi connectivity index (χ0v) is 16.2. The first-order valence-electron chi connectivity index (χ1n) is 9.81. The number of nitrogens with zero attached hydrogens (tertiary/aromatic N) is 1. The number of carbonyl (C=O) groups excluding carboxylic acids is 1. The number of carboxylic acid groups (broad SMARTS) is 1. The Balaban J connectivity index is 1.71. The molecule has 2 heterocycles. The molecule has 0 radical (unpaired) electrons. The summed E-state index contributed by atoms with van der Waals surface area (Å²) < 4.78 is 5.58. The van der Waals surface area contributed by atoms with Crippen molar-refractivity contribution in [3.05, 3.63) is 35.4 Å². The molecule has 3 rings (SSSR count). The standard InChI is InChI=1S/C21H30N2O4/c1-15-11-17(19(24)25)13-23(12-15)20(26)22-14-21(7-9-27-10-8-21)18-6-4-3-5-16(18)2/h3-6,15,17H,7-14H2,1-2H3,(H,22,26)(H,24,25). The Hall–Kier alpha value is -2.08. The number of rotatable bonds is 4. The molecule has 2 aliphatic heterocycles. The molecular weight excluding hydrogens is 344 g/mol. The molecule has 0 saturated carbocycles. The quantitative estimate of drug-likeness (QED) is 0.849. The van der Waals surface area contributed by atoms with Crippen molar-refractivity contribution in [2.75, 3.05) is 32.8 Å². The summed E-state index contributed by atoms with van der Waals surface area (Å²) in [5.41, 5.74) is 2.36. The number of hydrogen-bond donors (Lipinski definition) is 2. The number of piperidine rings is 1. The monoisotopic (exact) mass is 374 g/mol. The van der Waals surface area contributed by atoms with E-state index in [1.807, 2.05) is 19.1 Å². The van der Waals surface area contributed by atoms with Gasteiger partial charge in [0.05, 0.1) is 5.92 Å². The van der Waals surface area contributed by atoms with Crippen molar-refractivity contribution >= 4 is 12.0 Å². The normalized spacial score (nSPS) is 25.0. The second-order valence-corrected chi connectivity index (χ2v) is 8.15. The molecule has 2 aliphatic rings. The van der Waals surface area contributed by atoms with Crippen LogP contribution < -0.4 is 5.32 Å². The number of nitrogens with one attached hydrogen (secondary N) is 1. The molecule has 0 aromatic heterocycles. The molecule has 0 bridgehead atoms. The van der Waals surface area contributed by atoms with E-state index in [0.29, 0.717) is 32.7 Å². The second-order valence-electron chi connectivity index (χ2n) is 8.15. The predicted molar refractivity (Wildman–Crippen MR) is 103 cm³/mol. The van der Waals surface area contributed by atoms with Gasteiger partial charge in [0, 0.05) is 38.3 Å². The number of aliphatic carboxylic acids is 1. The molecule has 0 aliphatic carbocycles. The van der Waals surface area contributed by atoms with Crippen LogP contribution in [0.3, 0.4) is 0 Å². The van der Waals surface area contributed by atoms with Crippen LogP contribution in [0.1, 0.15) is 37.3 Å². The number of aryl methyl sites for hydroxylation is 1. The minimum absolute atomic E-state index is 0.132. The first kappa shape index (κ1) is 19.7. The SMILES string of the molecule is Cc1ccccc1C1(CNC(=O)N2CC(C)CC(C(=O)O)C2)CCOCC1. The smallest absolute Gasteiger partial charge is 0.317 e. The average Bonchev–Trinajstić information content (AvgIpc) is 2.66. The van der Waals surface area contributed by atoms with Crippen LogP contribution in [0, 0.1) is 18.8 Å². The molecule has 1 aromatic carbocycles. The predicted octanol–water partition coefficient (Wildman–Crippen LogP) is 2.80. The van der Waals surface area contributed by atoms with Gasteiger partial charge in [-0.25, -0.2) is 4.79 Å². The molecule has 2 amide bonds. The van der Waals surface area contributed by atoms with Crippen molar-refractivity contribution in [3.63, 3.8) is 0 Å². The largest absolute Gasteiger partial charge is 0.481 e. The number of benzene rings is 1. The van der Waals surface area contributed by atoms with Crippen molar-refractivity contribution in [2.24, 2.45) is 11.8 Å². The lowest BCUT2D eigenvalue weighted by molar-refractivity contribution is -0.143. The van der Waals surface area contributed by atoms with Crippen LogP contribution in [0.25, 0.3) is 0 Å². The summed E-state index contributed by atoms with van der Waals surface area (Å²) in [6, 6.07) is 8.18. The number of likely N-dealkylation sites (tertiary alicyclic amines) is 1. The average molecular weight is 374 g/mol. The van der Waals surface area contributed by atoms with E-state index in [1.54, 1.807) is 4.90 Å². The van der Waals surface area contributed by atoms with Gasteiger partial charge in [0.15, 0.2) is 0 Å². The van der Waals surface area contributed by atoms with Crippen LogP contribution in [0.5, 0.6) is 0 Å². The van der Waals surface area contributed by atoms with Crippen LogP contribution in [0.4, 0.5) is 4.79 Å². The number of amides is 2. The van der Waals surface area contributed by atoms with Crippen LogP contribution in [-0.2, 0) is 14.9 Å². The lowest BCUT2D eigenvalue weighted by Crippen LogP contribution is -2.53. The summed E-state index contributed by atoms with van der Waals surface area (Å²) in [5, 5.41) is 12.4. The first-order chi connectivity index (χ1) is 12.9. The highest BCUT2D eigenvalue weighted by molar-refractivity contribution is 5.76. The lowest BCUT2D eigenvalue weighted by Gasteiger charge is -2.40. The third-order valence-electron chi connectivity index (χ3n) is 6.04. The van der Waals surface area contributed by atoms with Gasteiger partial charge in [0.2, 0.25) is 0 Å². The molecule has 2 unspecified atom stereocenters. The third kappa shape index (κ3) is 4.43. The van der Waals surface area contributed by atoms with Gasteiger partial charge in [-0.3, -0.25) is 4.79 Å². The van der Waals surface area contributed by atoms with Crippen LogP contribution in [0.15, 0.2) is 24.3 Å². The van der Waals surface area contributed by atoms with Crippen molar-refractivity contribution in [3.8, 4) is 0 Å². The maximum Gasteiger partial charge on any atom is 0.317 e. The van der Waals surface area contributed by atoms with E-state index in [1.165, 1.54) is 11.1 Å². The zero-order valence-electron chi connectivity index (χ0n) is 16.2. The fourth-order valence-corrected chi connectivity index (χ4v) is 4.52. The van der Waals surface area contributed by atoms with E-state index in [-0.39, 0.29) is 23.9 Å². The Labute approximate surface area is 160 Å². The third-order valence-corrected chi connectivity index (χ3v) is 6.04. The molecule has 0 spiro atoms. The summed E-state index contributed by atoms with van der Waals surface area (Å²) in [6.07, 6.45) is 2.36. The summed E-state index contributed by atoms with van der Waals surface area (Å²) in [6.45, 7) is 6.92. The number of ether oxygens (including phenoxy) is 1. The van der Waals surface area contributed by atoms with Gasteiger partial charge in [-0.1, -0.05) is 31.2 Å². The van der Waals surface area contributed by atoms with Crippen molar-refractivity contribution in [1.29, 1.82) is 0 Å². The summed E-state index contributed by atoms with van der Waals surface area (Å²) in [4.78, 5) is 25.8. The second kappa shape index (κ2) is 8.30. The van der Waals surface area contributed by atoms with Crippen LogP contribution in [-0.4, -0.2) is 54.9 Å². The van der Waals surface area contributed by atoms with Gasteiger partial charge < -0.3 is 20.1 Å². The van der Waals surface area contributed by atoms with E-state index in [0.717, 1.165) is 12.8 Å². The maximum absolute atomic E-state index is 12.8. The fourth-order valence-electron chi connectivity index (χ4n) is 4.52. The number of carboxylic acids is 1. The minimum atomic E-state index is -0.819. The lowest BCUT2D eigenvalue weighted by atomic mass is 9.72. The molecule has 27 heavy (non-hydrogen) atoms. The van der Waals surface area contributed by atoms with Crippen molar-refractivity contribution in [2.45, 2.75) is 38.5 Å². The highest BCUT2D eigenvalue weighted by atomic mass is 16.5. The molecular formula is C21H30N2O4. The van der Waals surface area contributed by atoms with Gasteiger partial charge in [-0.05, 0) is 43.2 Å². The summed E-state index contributed by atoms with van der Waals surface area (Å²) >= 11 is 0. The molecule has 1 aromatic rings. The van der Waals surface area contributed by atoms with E-state index >= 15 is 0 Å². The maximum atomic E-state index is 12.8. The van der Waals surface area contributed by atoms with E-state index < -0.39 is 11.9 Å². The highest BCUT2D eigenvalue weighted by Gasteiger charge is 2.37. The van der Waals surface area contributed by atoms with Gasteiger partial charge in [0.25, 0.3) is 0 Å². The Morgan fingerprint density at radius 3 is 2.63 bits per heavy atom. The van der Waals surface area contributed by atoms with E-state index in [2.05, 4.69) is 24.4 Å². The minimum Gasteiger partial charge on any atom is -0.481 e. The Bertz CT molecular complexity index is 685. The molecule has 6 nitrogen and oxygen atoms in total. The molecule has 2 saturated heterocycles. The molecule has 148 valence electrons. The first-order valence-corrected chi connectivity index (χ1v) is 9.81. The van der Waals surface area contributed by atoms with Crippen LogP contribution >= 0.6 is 0 Å². The molecule has 6 heteroatoms. The molecule has 2 fully saturated rings.